The van der Waals surface area contributed by atoms with Crippen molar-refractivity contribution in [2.24, 2.45) is 0 Å². The van der Waals surface area contributed by atoms with Crippen LogP contribution in [-0.2, 0) is 9.53 Å². The molecule has 0 bridgehead atoms. The van der Waals surface area contributed by atoms with Gasteiger partial charge in [0.15, 0.2) is 0 Å². The summed E-state index contributed by atoms with van der Waals surface area (Å²) in [6.07, 6.45) is -0.243. The minimum atomic E-state index is -0.801. The van der Waals surface area contributed by atoms with Gasteiger partial charge in [-0.05, 0) is 13.8 Å². The number of rotatable bonds is 8. The van der Waals surface area contributed by atoms with Crippen LogP contribution in [0.2, 0.25) is 0 Å². The van der Waals surface area contributed by atoms with E-state index in [1.54, 1.807) is 0 Å². The topological polar surface area (TPSA) is 66.8 Å². The third-order valence-corrected chi connectivity index (χ3v) is 2.51. The van der Waals surface area contributed by atoms with Gasteiger partial charge in [0.2, 0.25) is 0 Å². The average molecular weight is 222 g/mol. The molecule has 0 spiro atoms. The lowest BCUT2D eigenvalue weighted by Crippen LogP contribution is -2.20. The lowest BCUT2D eigenvalue weighted by atomic mass is 10.4. The van der Waals surface area contributed by atoms with E-state index in [4.69, 9.17) is 9.84 Å². The summed E-state index contributed by atoms with van der Waals surface area (Å²) in [5.41, 5.74) is 0. The lowest BCUT2D eigenvalue weighted by molar-refractivity contribution is -0.136. The predicted octanol–water partition coefficient (Wildman–Crippen LogP) is 0.980. The number of hydrogen-bond acceptors (Lipinski definition) is 4. The normalized spacial score (nSPS) is 13.1. The Hall–Kier alpha value is -0.260. The van der Waals surface area contributed by atoms with Gasteiger partial charge >= 0.3 is 5.97 Å². The molecule has 2 N–H and O–H groups in total. The van der Waals surface area contributed by atoms with Crippen LogP contribution >= 0.6 is 11.8 Å². The SMILES string of the molecule is CC(C)OCC(O)CSCCC(=O)O. The van der Waals surface area contributed by atoms with E-state index in [1.165, 1.54) is 11.8 Å². The standard InChI is InChI=1S/C9H18O4S/c1-7(2)13-5-8(10)6-14-4-3-9(11)12/h7-8,10H,3-6H2,1-2H3,(H,11,12). The molecule has 14 heavy (non-hydrogen) atoms. The summed E-state index contributed by atoms with van der Waals surface area (Å²) in [7, 11) is 0. The second-order valence-electron chi connectivity index (χ2n) is 3.25. The van der Waals surface area contributed by atoms with E-state index in [-0.39, 0.29) is 12.5 Å². The fourth-order valence-corrected chi connectivity index (χ4v) is 1.58. The fourth-order valence-electron chi connectivity index (χ4n) is 0.730. The second-order valence-corrected chi connectivity index (χ2v) is 4.40. The molecular formula is C9H18O4S. The Morgan fingerprint density at radius 1 is 1.50 bits per heavy atom. The highest BCUT2D eigenvalue weighted by atomic mass is 32.2. The van der Waals surface area contributed by atoms with Crippen molar-refractivity contribution in [3.05, 3.63) is 0 Å². The van der Waals surface area contributed by atoms with Crippen LogP contribution in [-0.4, -0.2) is 46.5 Å². The molecule has 0 saturated heterocycles. The Labute approximate surface area is 88.6 Å². The van der Waals surface area contributed by atoms with Gasteiger partial charge in [0.1, 0.15) is 0 Å². The highest BCUT2D eigenvalue weighted by Gasteiger charge is 2.06. The van der Waals surface area contributed by atoms with E-state index in [0.717, 1.165) is 0 Å². The number of thioether (sulfide) groups is 1. The van der Waals surface area contributed by atoms with Crippen molar-refractivity contribution in [1.29, 1.82) is 0 Å². The number of ether oxygens (including phenoxy) is 1. The van der Waals surface area contributed by atoms with Gasteiger partial charge in [-0.1, -0.05) is 0 Å². The first-order valence-corrected chi connectivity index (χ1v) is 5.77. The van der Waals surface area contributed by atoms with Crippen LogP contribution in [0.25, 0.3) is 0 Å². The van der Waals surface area contributed by atoms with Gasteiger partial charge in [-0.2, -0.15) is 11.8 Å². The Bertz CT molecular complexity index is 161. The van der Waals surface area contributed by atoms with E-state index in [9.17, 15) is 9.90 Å². The molecule has 84 valence electrons. The Kier molecular flexibility index (Phi) is 7.93. The average Bonchev–Trinajstić information content (AvgIpc) is 2.08. The molecule has 1 unspecified atom stereocenters. The van der Waals surface area contributed by atoms with E-state index in [0.29, 0.717) is 18.1 Å². The van der Waals surface area contributed by atoms with Gasteiger partial charge in [-0.25, -0.2) is 0 Å². The molecule has 0 radical (unpaired) electrons. The van der Waals surface area contributed by atoms with Gasteiger partial charge in [0.05, 0.1) is 25.2 Å². The summed E-state index contributed by atoms with van der Waals surface area (Å²) in [6.45, 7) is 4.13. The van der Waals surface area contributed by atoms with Gasteiger partial charge < -0.3 is 14.9 Å². The monoisotopic (exact) mass is 222 g/mol. The number of aliphatic carboxylic acids is 1. The van der Waals surface area contributed by atoms with E-state index < -0.39 is 12.1 Å². The minimum absolute atomic E-state index is 0.119. The maximum Gasteiger partial charge on any atom is 0.304 e. The first-order valence-electron chi connectivity index (χ1n) is 4.61. The molecule has 4 nitrogen and oxygen atoms in total. The molecule has 0 aliphatic rings. The van der Waals surface area contributed by atoms with Gasteiger partial charge in [-0.3, -0.25) is 4.79 Å². The van der Waals surface area contributed by atoms with E-state index >= 15 is 0 Å². The predicted molar refractivity (Wildman–Crippen MR) is 56.7 cm³/mol. The summed E-state index contributed by atoms with van der Waals surface area (Å²) in [6, 6.07) is 0. The fraction of sp³-hybridized carbons (Fsp3) is 0.889. The molecule has 0 amide bonds. The minimum Gasteiger partial charge on any atom is -0.481 e. The van der Waals surface area contributed by atoms with Crippen molar-refractivity contribution in [3.8, 4) is 0 Å². The third kappa shape index (κ3) is 9.83. The molecule has 0 aliphatic carbocycles. The first kappa shape index (κ1) is 13.7. The smallest absolute Gasteiger partial charge is 0.304 e. The van der Waals surface area contributed by atoms with Gasteiger partial charge in [-0.15, -0.1) is 0 Å². The summed E-state index contributed by atoms with van der Waals surface area (Å²) < 4.78 is 5.20. The Morgan fingerprint density at radius 2 is 2.14 bits per heavy atom. The van der Waals surface area contributed by atoms with Gasteiger partial charge in [0.25, 0.3) is 0 Å². The maximum atomic E-state index is 10.2. The largest absolute Gasteiger partial charge is 0.481 e. The molecule has 0 heterocycles. The lowest BCUT2D eigenvalue weighted by Gasteiger charge is -2.12. The van der Waals surface area contributed by atoms with E-state index in [1.807, 2.05) is 13.8 Å². The molecule has 0 fully saturated rings. The van der Waals surface area contributed by atoms with Crippen molar-refractivity contribution in [1.82, 2.24) is 0 Å². The molecule has 0 aliphatic heterocycles. The number of aliphatic hydroxyl groups is 1. The zero-order chi connectivity index (χ0) is 11.0. The van der Waals surface area contributed by atoms with Crippen molar-refractivity contribution < 1.29 is 19.7 Å². The van der Waals surface area contributed by atoms with Crippen LogP contribution < -0.4 is 0 Å². The summed E-state index contributed by atoms with van der Waals surface area (Å²) in [5, 5.41) is 17.7. The Morgan fingerprint density at radius 3 is 2.64 bits per heavy atom. The van der Waals surface area contributed by atoms with E-state index in [2.05, 4.69) is 0 Å². The molecule has 1 atom stereocenters. The molecule has 0 aromatic rings. The van der Waals surface area contributed by atoms with Crippen LogP contribution in [0, 0.1) is 0 Å². The second kappa shape index (κ2) is 8.08. The number of hydrogen-bond donors (Lipinski definition) is 2. The molecule has 0 rings (SSSR count). The van der Waals surface area contributed by atoms with Crippen molar-refractivity contribution in [3.63, 3.8) is 0 Å². The van der Waals surface area contributed by atoms with Crippen molar-refractivity contribution in [2.75, 3.05) is 18.1 Å². The van der Waals surface area contributed by atoms with Crippen LogP contribution in [0.1, 0.15) is 20.3 Å². The molecule has 0 aromatic heterocycles. The maximum absolute atomic E-state index is 10.2. The van der Waals surface area contributed by atoms with Crippen molar-refractivity contribution >= 4 is 17.7 Å². The summed E-state index contributed by atoms with van der Waals surface area (Å²) in [5.74, 6) is 0.263. The molecule has 0 saturated carbocycles. The molecule has 5 heteroatoms. The van der Waals surface area contributed by atoms with Crippen LogP contribution in [0.15, 0.2) is 0 Å². The zero-order valence-electron chi connectivity index (χ0n) is 8.60. The zero-order valence-corrected chi connectivity index (χ0v) is 9.42. The molecular weight excluding hydrogens is 204 g/mol. The van der Waals surface area contributed by atoms with Crippen molar-refractivity contribution in [2.45, 2.75) is 32.5 Å². The third-order valence-electron chi connectivity index (χ3n) is 1.39. The molecule has 0 aromatic carbocycles. The Balaban J connectivity index is 3.26. The quantitative estimate of drug-likeness (QED) is 0.599. The number of aliphatic hydroxyl groups excluding tert-OH is 1. The number of carbonyl (C=O) groups is 1. The number of carboxylic acid groups (broad SMARTS) is 1. The van der Waals surface area contributed by atoms with Crippen LogP contribution in [0.5, 0.6) is 0 Å². The highest BCUT2D eigenvalue weighted by molar-refractivity contribution is 7.99. The summed E-state index contributed by atoms with van der Waals surface area (Å²) >= 11 is 1.43. The van der Waals surface area contributed by atoms with Gasteiger partial charge in [0, 0.05) is 11.5 Å². The van der Waals surface area contributed by atoms with Crippen LogP contribution in [0.3, 0.4) is 0 Å². The summed E-state index contributed by atoms with van der Waals surface area (Å²) in [4.78, 5) is 10.2. The highest BCUT2D eigenvalue weighted by Crippen LogP contribution is 2.05. The first-order chi connectivity index (χ1) is 6.52. The number of carboxylic acids is 1. The van der Waals surface area contributed by atoms with Crippen LogP contribution in [0.4, 0.5) is 0 Å².